The van der Waals surface area contributed by atoms with Gasteiger partial charge in [0.1, 0.15) is 5.56 Å². The molecule has 3 aromatic rings. The normalized spacial score (nSPS) is 14.9. The Morgan fingerprint density at radius 2 is 2.11 bits per heavy atom. The van der Waals surface area contributed by atoms with E-state index in [2.05, 4.69) is 10.1 Å². The molecule has 1 aromatic carbocycles. The van der Waals surface area contributed by atoms with E-state index in [9.17, 15) is 14.7 Å². The minimum atomic E-state index is -1.26. The minimum Gasteiger partial charge on any atom is -0.476 e. The van der Waals surface area contributed by atoms with Crippen LogP contribution in [-0.4, -0.2) is 31.6 Å². The standard InChI is InChI=1S/C20H19N3O4/c1-3-20(6-7-20)18-15(16(19(25)26)22-27-18)17(24)14-5-4-13(10-12(14)2)23-9-8-21-11-23/h4-5,8-11H,3,6-7H2,1-2H3,(H,25,26). The van der Waals surface area contributed by atoms with Gasteiger partial charge in [0.2, 0.25) is 5.69 Å². The fourth-order valence-electron chi connectivity index (χ4n) is 3.51. The summed E-state index contributed by atoms with van der Waals surface area (Å²) in [6, 6.07) is 5.39. The molecule has 0 aliphatic heterocycles. The number of imidazole rings is 1. The van der Waals surface area contributed by atoms with E-state index >= 15 is 0 Å². The van der Waals surface area contributed by atoms with Crippen LogP contribution in [0.15, 0.2) is 41.4 Å². The third-order valence-corrected chi connectivity index (χ3v) is 5.39. The van der Waals surface area contributed by atoms with Gasteiger partial charge in [-0.15, -0.1) is 0 Å². The molecule has 2 heterocycles. The predicted molar refractivity (Wildman–Crippen MR) is 96.4 cm³/mol. The fraction of sp³-hybridized carbons (Fsp3) is 0.300. The second-order valence-corrected chi connectivity index (χ2v) is 6.97. The Labute approximate surface area is 155 Å². The molecule has 0 spiro atoms. The molecule has 27 heavy (non-hydrogen) atoms. The number of hydrogen-bond acceptors (Lipinski definition) is 5. The summed E-state index contributed by atoms with van der Waals surface area (Å²) < 4.78 is 7.21. The van der Waals surface area contributed by atoms with Gasteiger partial charge in [-0.3, -0.25) is 4.79 Å². The topological polar surface area (TPSA) is 98.2 Å². The van der Waals surface area contributed by atoms with E-state index in [-0.39, 0.29) is 22.5 Å². The molecular weight excluding hydrogens is 346 g/mol. The summed E-state index contributed by atoms with van der Waals surface area (Å²) in [5.74, 6) is -1.21. The third-order valence-electron chi connectivity index (χ3n) is 5.39. The highest BCUT2D eigenvalue weighted by Gasteiger charge is 2.50. The number of carbonyl (C=O) groups excluding carboxylic acids is 1. The zero-order valence-corrected chi connectivity index (χ0v) is 15.1. The van der Waals surface area contributed by atoms with Crippen LogP contribution in [0.4, 0.5) is 0 Å². The van der Waals surface area contributed by atoms with E-state index in [0.717, 1.165) is 30.5 Å². The van der Waals surface area contributed by atoms with Gasteiger partial charge in [-0.05, 0) is 49.9 Å². The SMILES string of the molecule is CCC1(c2onc(C(=O)O)c2C(=O)c2ccc(-n3ccnc3)cc2C)CC1. The van der Waals surface area contributed by atoms with Crippen molar-refractivity contribution in [1.82, 2.24) is 14.7 Å². The lowest BCUT2D eigenvalue weighted by molar-refractivity contribution is 0.0682. The van der Waals surface area contributed by atoms with E-state index in [4.69, 9.17) is 4.52 Å². The average Bonchev–Trinajstić information content (AvgIpc) is 3.08. The lowest BCUT2D eigenvalue weighted by Crippen LogP contribution is -2.15. The number of rotatable bonds is 6. The van der Waals surface area contributed by atoms with E-state index in [1.54, 1.807) is 18.6 Å². The zero-order valence-electron chi connectivity index (χ0n) is 15.1. The number of aryl methyl sites for hydroxylation is 1. The number of ketones is 1. The molecule has 0 atom stereocenters. The molecule has 4 rings (SSSR count). The van der Waals surface area contributed by atoms with Crippen molar-refractivity contribution >= 4 is 11.8 Å². The van der Waals surface area contributed by atoms with E-state index in [1.165, 1.54) is 0 Å². The Bertz CT molecular complexity index is 1030. The van der Waals surface area contributed by atoms with Crippen molar-refractivity contribution in [3.8, 4) is 5.69 Å². The van der Waals surface area contributed by atoms with Crippen LogP contribution in [-0.2, 0) is 5.41 Å². The Kier molecular flexibility index (Phi) is 3.95. The Balaban J connectivity index is 1.79. The monoisotopic (exact) mass is 365 g/mol. The maximum Gasteiger partial charge on any atom is 0.358 e. The number of aromatic carboxylic acids is 1. The molecule has 1 N–H and O–H groups in total. The summed E-state index contributed by atoms with van der Waals surface area (Å²) in [6.45, 7) is 3.84. The maximum absolute atomic E-state index is 13.3. The van der Waals surface area contributed by atoms with Gasteiger partial charge in [0.25, 0.3) is 0 Å². The number of nitrogens with zero attached hydrogens (tertiary/aromatic N) is 3. The molecule has 7 nitrogen and oxygen atoms in total. The number of carboxylic acid groups (broad SMARTS) is 1. The van der Waals surface area contributed by atoms with Crippen molar-refractivity contribution < 1.29 is 19.2 Å². The summed E-state index contributed by atoms with van der Waals surface area (Å²) >= 11 is 0. The molecule has 0 amide bonds. The Morgan fingerprint density at radius 3 is 2.67 bits per heavy atom. The summed E-state index contributed by atoms with van der Waals surface area (Å²) in [6.07, 6.45) is 7.69. The molecule has 138 valence electrons. The van der Waals surface area contributed by atoms with Crippen molar-refractivity contribution in [3.63, 3.8) is 0 Å². The first-order valence-electron chi connectivity index (χ1n) is 8.84. The highest BCUT2D eigenvalue weighted by atomic mass is 16.5. The van der Waals surface area contributed by atoms with Crippen molar-refractivity contribution in [3.05, 3.63) is 65.1 Å². The van der Waals surface area contributed by atoms with Gasteiger partial charge in [-0.25, -0.2) is 9.78 Å². The molecule has 7 heteroatoms. The number of hydrogen-bond donors (Lipinski definition) is 1. The number of aromatic nitrogens is 3. The number of carboxylic acids is 1. The van der Waals surface area contributed by atoms with Crippen molar-refractivity contribution in [2.75, 3.05) is 0 Å². The number of carbonyl (C=O) groups is 2. The van der Waals surface area contributed by atoms with Crippen LogP contribution in [0, 0.1) is 6.92 Å². The fourth-order valence-corrected chi connectivity index (χ4v) is 3.51. The largest absolute Gasteiger partial charge is 0.476 e. The van der Waals surface area contributed by atoms with Gasteiger partial charge in [0, 0.05) is 29.1 Å². The molecule has 1 aliphatic carbocycles. The van der Waals surface area contributed by atoms with Gasteiger partial charge in [-0.1, -0.05) is 12.1 Å². The predicted octanol–water partition coefficient (Wildman–Crippen LogP) is 3.54. The zero-order chi connectivity index (χ0) is 19.2. The number of benzene rings is 1. The van der Waals surface area contributed by atoms with Crippen LogP contribution < -0.4 is 0 Å². The highest BCUT2D eigenvalue weighted by Crippen LogP contribution is 2.52. The highest BCUT2D eigenvalue weighted by molar-refractivity contribution is 6.15. The molecule has 1 saturated carbocycles. The molecule has 1 aliphatic rings. The third kappa shape index (κ3) is 2.75. The average molecular weight is 365 g/mol. The van der Waals surface area contributed by atoms with Crippen LogP contribution in [0.5, 0.6) is 0 Å². The first kappa shape index (κ1) is 17.2. The van der Waals surface area contributed by atoms with Crippen molar-refractivity contribution in [2.24, 2.45) is 0 Å². The van der Waals surface area contributed by atoms with E-state index in [0.29, 0.717) is 11.3 Å². The van der Waals surface area contributed by atoms with Gasteiger partial charge in [-0.2, -0.15) is 0 Å². The summed E-state index contributed by atoms with van der Waals surface area (Å²) in [5.41, 5.74) is 1.57. The maximum atomic E-state index is 13.3. The summed E-state index contributed by atoms with van der Waals surface area (Å²) in [5, 5.41) is 13.2. The molecule has 2 aromatic heterocycles. The van der Waals surface area contributed by atoms with Crippen LogP contribution in [0.25, 0.3) is 5.69 Å². The quantitative estimate of drug-likeness (QED) is 0.671. The summed E-state index contributed by atoms with van der Waals surface area (Å²) in [7, 11) is 0. The van der Waals surface area contributed by atoms with Gasteiger partial charge < -0.3 is 14.2 Å². The lowest BCUT2D eigenvalue weighted by Gasteiger charge is -2.12. The van der Waals surface area contributed by atoms with Crippen LogP contribution in [0.1, 0.15) is 63.9 Å². The van der Waals surface area contributed by atoms with E-state index in [1.807, 2.05) is 36.7 Å². The second-order valence-electron chi connectivity index (χ2n) is 6.97. The molecule has 0 unspecified atom stereocenters. The second kappa shape index (κ2) is 6.19. The summed E-state index contributed by atoms with van der Waals surface area (Å²) in [4.78, 5) is 28.9. The van der Waals surface area contributed by atoms with E-state index < -0.39 is 5.97 Å². The van der Waals surface area contributed by atoms with Gasteiger partial charge in [0.15, 0.2) is 11.5 Å². The molecule has 0 bridgehead atoms. The van der Waals surface area contributed by atoms with Crippen molar-refractivity contribution in [2.45, 2.75) is 38.5 Å². The van der Waals surface area contributed by atoms with Crippen LogP contribution in [0.2, 0.25) is 0 Å². The van der Waals surface area contributed by atoms with Crippen LogP contribution in [0.3, 0.4) is 0 Å². The molecule has 1 fully saturated rings. The Morgan fingerprint density at radius 1 is 1.33 bits per heavy atom. The molecule has 0 radical (unpaired) electrons. The molecule has 0 saturated heterocycles. The van der Waals surface area contributed by atoms with Gasteiger partial charge in [0.05, 0.1) is 6.33 Å². The first-order valence-corrected chi connectivity index (χ1v) is 8.84. The lowest BCUT2D eigenvalue weighted by atomic mass is 9.90. The first-order chi connectivity index (χ1) is 13.0. The van der Waals surface area contributed by atoms with Crippen molar-refractivity contribution in [1.29, 1.82) is 0 Å². The minimum absolute atomic E-state index is 0.0836. The Hall–Kier alpha value is -3.22. The van der Waals surface area contributed by atoms with Gasteiger partial charge >= 0.3 is 5.97 Å². The molecular formula is C20H19N3O4. The van der Waals surface area contributed by atoms with Crippen LogP contribution >= 0.6 is 0 Å². The smallest absolute Gasteiger partial charge is 0.358 e.